The van der Waals surface area contributed by atoms with Gasteiger partial charge in [0.25, 0.3) is 11.8 Å². The minimum atomic E-state index is -3.68. The van der Waals surface area contributed by atoms with E-state index in [9.17, 15) is 22.8 Å². The van der Waals surface area contributed by atoms with Crippen LogP contribution in [0.4, 0.5) is 0 Å². The van der Waals surface area contributed by atoms with Crippen LogP contribution >= 0.6 is 0 Å². The van der Waals surface area contributed by atoms with Crippen LogP contribution in [0.5, 0.6) is 0 Å². The summed E-state index contributed by atoms with van der Waals surface area (Å²) < 4.78 is 27.2. The van der Waals surface area contributed by atoms with E-state index in [1.807, 2.05) is 6.92 Å². The van der Waals surface area contributed by atoms with Crippen LogP contribution in [0.3, 0.4) is 0 Å². The van der Waals surface area contributed by atoms with E-state index in [1.54, 1.807) is 49.4 Å². The van der Waals surface area contributed by atoms with Crippen molar-refractivity contribution in [2.24, 2.45) is 0 Å². The summed E-state index contributed by atoms with van der Waals surface area (Å²) in [6, 6.07) is 11.6. The van der Waals surface area contributed by atoms with E-state index < -0.39 is 21.8 Å². The molecule has 3 amide bonds. The zero-order valence-electron chi connectivity index (χ0n) is 16.8. The van der Waals surface area contributed by atoms with E-state index in [1.165, 1.54) is 0 Å². The molecule has 9 heteroatoms. The molecule has 0 spiro atoms. The summed E-state index contributed by atoms with van der Waals surface area (Å²) in [6.07, 6.45) is -0.0602. The van der Waals surface area contributed by atoms with Crippen LogP contribution in [0.25, 0.3) is 0 Å². The number of nitrogens with zero attached hydrogens (tertiary/aromatic N) is 1. The highest BCUT2D eigenvalue weighted by molar-refractivity contribution is 7.89. The number of imide groups is 1. The third kappa shape index (κ3) is 4.58. The van der Waals surface area contributed by atoms with Crippen molar-refractivity contribution in [1.29, 1.82) is 0 Å². The number of hydrogen-bond donors (Lipinski definition) is 2. The highest BCUT2D eigenvalue weighted by atomic mass is 32.2. The third-order valence-corrected chi connectivity index (χ3v) is 6.42. The van der Waals surface area contributed by atoms with E-state index in [4.69, 9.17) is 0 Å². The minimum Gasteiger partial charge on any atom is -0.355 e. The third-order valence-electron chi connectivity index (χ3n) is 4.80. The van der Waals surface area contributed by atoms with Gasteiger partial charge in [-0.25, -0.2) is 13.1 Å². The predicted octanol–water partition coefficient (Wildman–Crippen LogP) is 1.38. The SMILES string of the molecule is Cc1ccc(S(=O)(=O)NCCNC(=O)CCN2C(=O)c3ccccc3C2=O)c(C)c1. The number of fused-ring (bicyclic) bond motifs is 1. The van der Waals surface area contributed by atoms with E-state index in [0.717, 1.165) is 10.5 Å². The monoisotopic (exact) mass is 429 g/mol. The largest absolute Gasteiger partial charge is 0.355 e. The van der Waals surface area contributed by atoms with Crippen LogP contribution in [0.1, 0.15) is 38.3 Å². The lowest BCUT2D eigenvalue weighted by Crippen LogP contribution is -2.37. The molecule has 0 radical (unpaired) electrons. The molecule has 2 aromatic rings. The van der Waals surface area contributed by atoms with Gasteiger partial charge in [0.15, 0.2) is 0 Å². The molecule has 0 atom stereocenters. The first-order valence-electron chi connectivity index (χ1n) is 9.49. The summed E-state index contributed by atoms with van der Waals surface area (Å²) in [5.41, 5.74) is 2.29. The molecule has 0 aromatic heterocycles. The quantitative estimate of drug-likeness (QED) is 0.486. The van der Waals surface area contributed by atoms with Crippen LogP contribution in [-0.4, -0.2) is 50.7 Å². The maximum Gasteiger partial charge on any atom is 0.261 e. The highest BCUT2D eigenvalue weighted by Gasteiger charge is 2.34. The van der Waals surface area contributed by atoms with E-state index >= 15 is 0 Å². The molecule has 2 N–H and O–H groups in total. The summed E-state index contributed by atoms with van der Waals surface area (Å²) in [7, 11) is -3.68. The fourth-order valence-electron chi connectivity index (χ4n) is 3.31. The number of hydrogen-bond acceptors (Lipinski definition) is 5. The molecule has 30 heavy (non-hydrogen) atoms. The van der Waals surface area contributed by atoms with Gasteiger partial charge in [0, 0.05) is 26.1 Å². The molecule has 0 fully saturated rings. The standard InChI is InChI=1S/C21H23N3O5S/c1-14-7-8-18(15(2)13-14)30(28,29)23-11-10-22-19(25)9-12-24-20(26)16-5-3-4-6-17(16)21(24)27/h3-8,13,23H,9-12H2,1-2H3,(H,22,25). The molecule has 0 unspecified atom stereocenters. The Kier molecular flexibility index (Phi) is 6.33. The molecule has 3 rings (SSSR count). The maximum absolute atomic E-state index is 12.4. The average Bonchev–Trinajstić information content (AvgIpc) is 2.94. The second kappa shape index (κ2) is 8.76. The number of nitrogens with one attached hydrogen (secondary N) is 2. The van der Waals surface area contributed by atoms with Gasteiger partial charge in [0.2, 0.25) is 15.9 Å². The topological polar surface area (TPSA) is 113 Å². The van der Waals surface area contributed by atoms with Crippen LogP contribution < -0.4 is 10.0 Å². The van der Waals surface area contributed by atoms with E-state index in [2.05, 4.69) is 10.0 Å². The van der Waals surface area contributed by atoms with Gasteiger partial charge in [-0.1, -0.05) is 29.8 Å². The van der Waals surface area contributed by atoms with Crippen molar-refractivity contribution in [2.75, 3.05) is 19.6 Å². The fraction of sp³-hybridized carbons (Fsp3) is 0.286. The molecule has 1 aliphatic rings. The zero-order chi connectivity index (χ0) is 21.9. The second-order valence-corrected chi connectivity index (χ2v) is 8.81. The molecule has 0 aliphatic carbocycles. The van der Waals surface area contributed by atoms with Gasteiger partial charge < -0.3 is 5.32 Å². The molecule has 8 nitrogen and oxygen atoms in total. The molecular weight excluding hydrogens is 406 g/mol. The van der Waals surface area contributed by atoms with Crippen molar-refractivity contribution in [3.05, 3.63) is 64.7 Å². The van der Waals surface area contributed by atoms with Crippen LogP contribution in [-0.2, 0) is 14.8 Å². The van der Waals surface area contributed by atoms with Crippen molar-refractivity contribution in [1.82, 2.24) is 14.9 Å². The first-order valence-corrected chi connectivity index (χ1v) is 11.0. The van der Waals surface area contributed by atoms with Gasteiger partial charge >= 0.3 is 0 Å². The number of benzene rings is 2. The normalized spacial score (nSPS) is 13.5. The Morgan fingerprint density at radius 2 is 1.60 bits per heavy atom. The lowest BCUT2D eigenvalue weighted by molar-refractivity contribution is -0.121. The van der Waals surface area contributed by atoms with Gasteiger partial charge in [-0.15, -0.1) is 0 Å². The summed E-state index contributed by atoms with van der Waals surface area (Å²) in [5, 5.41) is 2.59. The van der Waals surface area contributed by atoms with E-state index in [0.29, 0.717) is 16.7 Å². The molecule has 2 aromatic carbocycles. The summed E-state index contributed by atoms with van der Waals surface area (Å²) in [4.78, 5) is 37.8. The van der Waals surface area contributed by atoms with Gasteiger partial charge in [-0.05, 0) is 37.6 Å². The highest BCUT2D eigenvalue weighted by Crippen LogP contribution is 2.22. The Bertz CT molecular complexity index is 1080. The van der Waals surface area contributed by atoms with Gasteiger partial charge in [-0.2, -0.15) is 0 Å². The van der Waals surface area contributed by atoms with Gasteiger partial charge in [0.1, 0.15) is 0 Å². The number of amides is 3. The number of carbonyl (C=O) groups excluding carboxylic acids is 3. The fourth-order valence-corrected chi connectivity index (χ4v) is 4.57. The van der Waals surface area contributed by atoms with Crippen molar-refractivity contribution in [3.63, 3.8) is 0 Å². The molecule has 1 heterocycles. The Morgan fingerprint density at radius 1 is 0.967 bits per heavy atom. The lowest BCUT2D eigenvalue weighted by Gasteiger charge is -2.14. The first-order chi connectivity index (χ1) is 14.2. The second-order valence-electron chi connectivity index (χ2n) is 7.07. The van der Waals surface area contributed by atoms with Crippen molar-refractivity contribution in [2.45, 2.75) is 25.2 Å². The van der Waals surface area contributed by atoms with Crippen LogP contribution in [0, 0.1) is 13.8 Å². The first kappa shape index (κ1) is 21.7. The molecule has 0 bridgehead atoms. The summed E-state index contributed by atoms with van der Waals surface area (Å²) in [5.74, 6) is -1.20. The molecule has 1 aliphatic heterocycles. The van der Waals surface area contributed by atoms with Crippen LogP contribution in [0.15, 0.2) is 47.4 Å². The van der Waals surface area contributed by atoms with Crippen molar-refractivity contribution < 1.29 is 22.8 Å². The molecule has 0 saturated heterocycles. The summed E-state index contributed by atoms with van der Waals surface area (Å²) in [6.45, 7) is 3.68. The Labute approximate surface area is 175 Å². The maximum atomic E-state index is 12.4. The zero-order valence-corrected chi connectivity index (χ0v) is 17.6. The van der Waals surface area contributed by atoms with Crippen molar-refractivity contribution in [3.8, 4) is 0 Å². The Hall–Kier alpha value is -3.04. The Morgan fingerprint density at radius 3 is 2.20 bits per heavy atom. The minimum absolute atomic E-state index is 0.0222. The predicted molar refractivity (Wildman–Crippen MR) is 111 cm³/mol. The van der Waals surface area contributed by atoms with Gasteiger partial charge in [-0.3, -0.25) is 19.3 Å². The molecule has 158 valence electrons. The van der Waals surface area contributed by atoms with Crippen LogP contribution in [0.2, 0.25) is 0 Å². The Balaban J connectivity index is 1.45. The van der Waals surface area contributed by atoms with Crippen molar-refractivity contribution >= 4 is 27.7 Å². The number of sulfonamides is 1. The molecular formula is C21H23N3O5S. The van der Waals surface area contributed by atoms with Gasteiger partial charge in [0.05, 0.1) is 16.0 Å². The average molecular weight is 429 g/mol. The number of rotatable bonds is 8. The number of carbonyl (C=O) groups is 3. The lowest BCUT2D eigenvalue weighted by atomic mass is 10.1. The molecule has 0 saturated carbocycles. The summed E-state index contributed by atoms with van der Waals surface area (Å²) >= 11 is 0. The smallest absolute Gasteiger partial charge is 0.261 e. The number of aryl methyl sites for hydroxylation is 2. The van der Waals surface area contributed by atoms with E-state index in [-0.39, 0.29) is 36.9 Å².